The monoisotopic (exact) mass is 469 g/mol. The number of aromatic nitrogens is 2. The third kappa shape index (κ3) is 4.68. The highest BCUT2D eigenvalue weighted by Gasteiger charge is 2.23. The van der Waals surface area contributed by atoms with Crippen LogP contribution in [0.1, 0.15) is 48.9 Å². The largest absolute Gasteiger partial charge is 0.338 e. The Morgan fingerprint density at radius 1 is 1.00 bits per heavy atom. The standard InChI is InChI=1S/C30H32ClN3/c1-3-25(4-2)34-16-15-26-23(11-8-12-24(26)20-34)17-21-13-14-28(31)27(18-21)30-32-19-29(33-30)22-9-6-5-7-10-22/h5-14,18-19,25H,3-4,15-17,20H2,1-2H3,(H,32,33). The summed E-state index contributed by atoms with van der Waals surface area (Å²) >= 11 is 6.61. The quantitative estimate of drug-likeness (QED) is 0.303. The van der Waals surface area contributed by atoms with Crippen molar-refractivity contribution in [2.24, 2.45) is 0 Å². The van der Waals surface area contributed by atoms with Crippen molar-refractivity contribution >= 4 is 11.6 Å². The first-order valence-corrected chi connectivity index (χ1v) is 12.8. The molecule has 5 rings (SSSR count). The Bertz CT molecular complexity index is 1260. The van der Waals surface area contributed by atoms with Crippen LogP contribution < -0.4 is 0 Å². The fraction of sp³-hybridized carbons (Fsp3) is 0.300. The number of H-pyrrole nitrogens is 1. The smallest absolute Gasteiger partial charge is 0.139 e. The molecule has 0 radical (unpaired) electrons. The molecule has 4 heteroatoms. The molecule has 0 saturated carbocycles. The summed E-state index contributed by atoms with van der Waals surface area (Å²) in [6, 6.07) is 24.1. The highest BCUT2D eigenvalue weighted by atomic mass is 35.5. The molecule has 3 aromatic carbocycles. The van der Waals surface area contributed by atoms with Crippen molar-refractivity contribution in [3.63, 3.8) is 0 Å². The van der Waals surface area contributed by atoms with Gasteiger partial charge in [-0.2, -0.15) is 0 Å². The van der Waals surface area contributed by atoms with Gasteiger partial charge in [0.2, 0.25) is 0 Å². The van der Waals surface area contributed by atoms with Crippen molar-refractivity contribution in [1.29, 1.82) is 0 Å². The average molecular weight is 470 g/mol. The summed E-state index contributed by atoms with van der Waals surface area (Å²) in [5, 5.41) is 0.716. The lowest BCUT2D eigenvalue weighted by Gasteiger charge is -2.35. The Morgan fingerprint density at radius 3 is 2.62 bits per heavy atom. The van der Waals surface area contributed by atoms with Gasteiger partial charge in [0.15, 0.2) is 0 Å². The van der Waals surface area contributed by atoms with Crippen molar-refractivity contribution < 1.29 is 0 Å². The molecule has 0 unspecified atom stereocenters. The summed E-state index contributed by atoms with van der Waals surface area (Å²) in [7, 11) is 0. The number of rotatable bonds is 7. The fourth-order valence-electron chi connectivity index (χ4n) is 5.30. The summed E-state index contributed by atoms with van der Waals surface area (Å²) in [5.41, 5.74) is 8.77. The second kappa shape index (κ2) is 10.2. The first-order chi connectivity index (χ1) is 16.7. The maximum absolute atomic E-state index is 6.61. The SMILES string of the molecule is CCC(CC)N1CCc2c(Cc3ccc(Cl)c(-c4ncc(-c5ccccc5)[nH]4)c3)cccc2C1. The van der Waals surface area contributed by atoms with E-state index in [4.69, 9.17) is 11.6 Å². The van der Waals surface area contributed by atoms with Crippen LogP contribution in [-0.2, 0) is 19.4 Å². The molecule has 0 saturated heterocycles. The first-order valence-electron chi connectivity index (χ1n) is 12.4. The minimum absolute atomic E-state index is 0.685. The van der Waals surface area contributed by atoms with Crippen molar-refractivity contribution in [1.82, 2.24) is 14.9 Å². The van der Waals surface area contributed by atoms with Gasteiger partial charge in [0.05, 0.1) is 16.9 Å². The molecule has 1 N–H and O–H groups in total. The summed E-state index contributed by atoms with van der Waals surface area (Å²) in [4.78, 5) is 10.8. The summed E-state index contributed by atoms with van der Waals surface area (Å²) in [6.45, 7) is 6.83. The number of hydrogen-bond acceptors (Lipinski definition) is 2. The molecule has 34 heavy (non-hydrogen) atoms. The summed E-state index contributed by atoms with van der Waals surface area (Å²) in [5.74, 6) is 0.807. The van der Waals surface area contributed by atoms with Gasteiger partial charge in [-0.25, -0.2) is 4.98 Å². The highest BCUT2D eigenvalue weighted by molar-refractivity contribution is 6.33. The Kier molecular flexibility index (Phi) is 6.85. The minimum Gasteiger partial charge on any atom is -0.338 e. The highest BCUT2D eigenvalue weighted by Crippen LogP contribution is 2.31. The number of nitrogens with zero attached hydrogens (tertiary/aromatic N) is 2. The van der Waals surface area contributed by atoms with Crippen LogP contribution in [0, 0.1) is 0 Å². The predicted molar refractivity (Wildman–Crippen MR) is 142 cm³/mol. The Labute approximate surface area is 207 Å². The van der Waals surface area contributed by atoms with E-state index in [0.717, 1.165) is 48.6 Å². The zero-order valence-corrected chi connectivity index (χ0v) is 20.8. The second-order valence-electron chi connectivity index (χ2n) is 9.25. The third-order valence-electron chi connectivity index (χ3n) is 7.19. The number of halogens is 1. The van der Waals surface area contributed by atoms with Gasteiger partial charge in [0.1, 0.15) is 5.82 Å². The van der Waals surface area contributed by atoms with Crippen molar-refractivity contribution in [3.05, 3.63) is 100 Å². The van der Waals surface area contributed by atoms with Gasteiger partial charge in [-0.15, -0.1) is 0 Å². The van der Waals surface area contributed by atoms with Crippen LogP contribution in [0.15, 0.2) is 72.9 Å². The van der Waals surface area contributed by atoms with E-state index in [2.05, 4.69) is 71.2 Å². The van der Waals surface area contributed by atoms with Crippen LogP contribution in [0.3, 0.4) is 0 Å². The van der Waals surface area contributed by atoms with Crippen LogP contribution in [-0.4, -0.2) is 27.5 Å². The summed E-state index contributed by atoms with van der Waals surface area (Å²) < 4.78 is 0. The average Bonchev–Trinajstić information content (AvgIpc) is 3.37. The predicted octanol–water partition coefficient (Wildman–Crippen LogP) is 7.53. The van der Waals surface area contributed by atoms with E-state index in [-0.39, 0.29) is 0 Å². The number of aromatic amines is 1. The zero-order chi connectivity index (χ0) is 23.5. The van der Waals surface area contributed by atoms with Crippen LogP contribution >= 0.6 is 11.6 Å². The van der Waals surface area contributed by atoms with E-state index in [9.17, 15) is 0 Å². The van der Waals surface area contributed by atoms with Crippen LogP contribution in [0.2, 0.25) is 5.02 Å². The van der Waals surface area contributed by atoms with Gasteiger partial charge in [0, 0.05) is 24.7 Å². The summed E-state index contributed by atoms with van der Waals surface area (Å²) in [6.07, 6.45) is 6.36. The van der Waals surface area contributed by atoms with Gasteiger partial charge >= 0.3 is 0 Å². The maximum Gasteiger partial charge on any atom is 0.139 e. The number of benzene rings is 3. The van der Waals surface area contributed by atoms with Crippen molar-refractivity contribution in [2.75, 3.05) is 6.54 Å². The molecule has 0 bridgehead atoms. The lowest BCUT2D eigenvalue weighted by Crippen LogP contribution is -2.38. The molecule has 1 aliphatic heterocycles. The van der Waals surface area contributed by atoms with E-state index in [1.54, 1.807) is 0 Å². The van der Waals surface area contributed by atoms with Gasteiger partial charge < -0.3 is 4.98 Å². The molecule has 4 aromatic rings. The molecule has 3 nitrogen and oxygen atoms in total. The van der Waals surface area contributed by atoms with Gasteiger partial charge in [-0.3, -0.25) is 4.90 Å². The van der Waals surface area contributed by atoms with E-state index in [1.165, 1.54) is 35.1 Å². The Balaban J connectivity index is 1.40. The van der Waals surface area contributed by atoms with E-state index < -0.39 is 0 Å². The minimum atomic E-state index is 0.685. The number of nitrogens with one attached hydrogen (secondary N) is 1. The van der Waals surface area contributed by atoms with Gasteiger partial charge in [-0.1, -0.05) is 80.0 Å². The van der Waals surface area contributed by atoms with Crippen LogP contribution in [0.25, 0.3) is 22.6 Å². The number of imidazole rings is 1. The maximum atomic E-state index is 6.61. The molecule has 2 heterocycles. The molecule has 1 aliphatic rings. The fourth-order valence-corrected chi connectivity index (χ4v) is 5.51. The Hall–Kier alpha value is -2.88. The molecule has 0 fully saturated rings. The zero-order valence-electron chi connectivity index (χ0n) is 20.0. The number of hydrogen-bond donors (Lipinski definition) is 1. The Morgan fingerprint density at radius 2 is 1.82 bits per heavy atom. The van der Waals surface area contributed by atoms with Crippen LogP contribution in [0.5, 0.6) is 0 Å². The van der Waals surface area contributed by atoms with E-state index in [1.807, 2.05) is 30.5 Å². The van der Waals surface area contributed by atoms with E-state index in [0.29, 0.717) is 11.1 Å². The molecule has 0 amide bonds. The molecular formula is C30H32ClN3. The molecular weight excluding hydrogens is 438 g/mol. The molecule has 174 valence electrons. The van der Waals surface area contributed by atoms with Crippen LogP contribution in [0.4, 0.5) is 0 Å². The van der Waals surface area contributed by atoms with Crippen molar-refractivity contribution in [3.8, 4) is 22.6 Å². The third-order valence-corrected chi connectivity index (χ3v) is 7.52. The topological polar surface area (TPSA) is 31.9 Å². The van der Waals surface area contributed by atoms with Gasteiger partial charge in [0.25, 0.3) is 0 Å². The van der Waals surface area contributed by atoms with Gasteiger partial charge in [-0.05, 0) is 65.6 Å². The first kappa shape index (κ1) is 22.9. The lowest BCUT2D eigenvalue weighted by atomic mass is 9.90. The second-order valence-corrected chi connectivity index (χ2v) is 9.66. The molecule has 1 aromatic heterocycles. The molecule has 0 aliphatic carbocycles. The normalized spacial score (nSPS) is 13.9. The molecule has 0 spiro atoms. The number of fused-ring (bicyclic) bond motifs is 1. The van der Waals surface area contributed by atoms with Crippen molar-refractivity contribution in [2.45, 2.75) is 52.1 Å². The molecule has 0 atom stereocenters. The van der Waals surface area contributed by atoms with E-state index >= 15 is 0 Å². The lowest BCUT2D eigenvalue weighted by molar-refractivity contribution is 0.169.